The van der Waals surface area contributed by atoms with Crippen molar-refractivity contribution in [1.82, 2.24) is 9.55 Å². The van der Waals surface area contributed by atoms with E-state index in [0.717, 1.165) is 29.2 Å². The van der Waals surface area contributed by atoms with E-state index in [9.17, 15) is 0 Å². The minimum absolute atomic E-state index is 0.832. The molecule has 0 radical (unpaired) electrons. The molecule has 0 fully saturated rings. The van der Waals surface area contributed by atoms with Crippen molar-refractivity contribution in [2.24, 2.45) is 0 Å². The van der Waals surface area contributed by atoms with Crippen LogP contribution >= 0.6 is 27.3 Å². The second kappa shape index (κ2) is 6.38. The summed E-state index contributed by atoms with van der Waals surface area (Å²) in [4.78, 5) is 5.84. The number of nitrogens with zero attached hydrogens (tertiary/aromatic N) is 2. The molecular formula is C13H18BrN3S. The van der Waals surface area contributed by atoms with Crippen LogP contribution < -0.4 is 5.32 Å². The second-order valence-corrected chi connectivity index (χ2v) is 6.25. The van der Waals surface area contributed by atoms with Crippen molar-refractivity contribution >= 4 is 33.2 Å². The average Bonchev–Trinajstić information content (AvgIpc) is 2.90. The summed E-state index contributed by atoms with van der Waals surface area (Å²) in [5, 5.41) is 5.52. The highest BCUT2D eigenvalue weighted by Crippen LogP contribution is 2.21. The lowest BCUT2D eigenvalue weighted by Gasteiger charge is -2.08. The van der Waals surface area contributed by atoms with Gasteiger partial charge in [-0.2, -0.15) is 0 Å². The van der Waals surface area contributed by atoms with Gasteiger partial charge in [0, 0.05) is 27.5 Å². The molecular weight excluding hydrogens is 310 g/mol. The highest BCUT2D eigenvalue weighted by Gasteiger charge is 2.05. The van der Waals surface area contributed by atoms with Crippen molar-refractivity contribution in [2.75, 3.05) is 5.32 Å². The van der Waals surface area contributed by atoms with Crippen LogP contribution in [0.2, 0.25) is 0 Å². The number of thiophene rings is 1. The number of anilines is 1. The molecule has 2 aromatic rings. The fraction of sp³-hybridized carbons (Fsp3) is 0.462. The first kappa shape index (κ1) is 13.6. The molecule has 0 atom stereocenters. The van der Waals surface area contributed by atoms with E-state index in [1.54, 1.807) is 11.3 Å². The zero-order valence-electron chi connectivity index (χ0n) is 10.7. The highest BCUT2D eigenvalue weighted by atomic mass is 79.9. The van der Waals surface area contributed by atoms with Crippen LogP contribution in [-0.4, -0.2) is 9.55 Å². The molecule has 2 heterocycles. The van der Waals surface area contributed by atoms with Gasteiger partial charge in [-0.1, -0.05) is 13.3 Å². The van der Waals surface area contributed by atoms with E-state index in [4.69, 9.17) is 0 Å². The predicted molar refractivity (Wildman–Crippen MR) is 81.2 cm³/mol. The van der Waals surface area contributed by atoms with Crippen LogP contribution in [0.15, 0.2) is 22.1 Å². The number of hydrogen-bond donors (Lipinski definition) is 1. The lowest BCUT2D eigenvalue weighted by atomic mass is 10.3. The lowest BCUT2D eigenvalue weighted by molar-refractivity contribution is 0.635. The number of nitrogens with one attached hydrogen (secondary N) is 1. The highest BCUT2D eigenvalue weighted by molar-refractivity contribution is 9.10. The van der Waals surface area contributed by atoms with Gasteiger partial charge in [0.15, 0.2) is 0 Å². The first-order valence-corrected chi connectivity index (χ1v) is 7.87. The van der Waals surface area contributed by atoms with Crippen molar-refractivity contribution in [3.63, 3.8) is 0 Å². The van der Waals surface area contributed by atoms with E-state index in [1.807, 2.05) is 6.92 Å². The number of halogens is 1. The van der Waals surface area contributed by atoms with Crippen LogP contribution in [0.1, 0.15) is 30.3 Å². The average molecular weight is 328 g/mol. The van der Waals surface area contributed by atoms with Gasteiger partial charge in [0.1, 0.15) is 0 Å². The van der Waals surface area contributed by atoms with E-state index < -0.39 is 0 Å². The molecule has 0 amide bonds. The topological polar surface area (TPSA) is 29.9 Å². The van der Waals surface area contributed by atoms with E-state index in [1.165, 1.54) is 17.7 Å². The smallest absolute Gasteiger partial charge is 0.203 e. The number of aromatic nitrogens is 2. The summed E-state index contributed by atoms with van der Waals surface area (Å²) in [5.74, 6) is 0.977. The largest absolute Gasteiger partial charge is 0.351 e. The van der Waals surface area contributed by atoms with Crippen LogP contribution in [0.4, 0.5) is 5.95 Å². The van der Waals surface area contributed by atoms with Crippen LogP contribution in [-0.2, 0) is 13.1 Å². The summed E-state index contributed by atoms with van der Waals surface area (Å²) in [7, 11) is 0. The Hall–Kier alpha value is -0.810. The van der Waals surface area contributed by atoms with Crippen molar-refractivity contribution < 1.29 is 0 Å². The third-order valence-corrected chi connectivity index (χ3v) is 4.39. The number of hydrogen-bond acceptors (Lipinski definition) is 3. The van der Waals surface area contributed by atoms with E-state index >= 15 is 0 Å². The Kier molecular flexibility index (Phi) is 4.83. The van der Waals surface area contributed by atoms with Gasteiger partial charge in [-0.15, -0.1) is 11.3 Å². The molecule has 2 rings (SSSR count). The van der Waals surface area contributed by atoms with Crippen LogP contribution in [0.25, 0.3) is 0 Å². The molecule has 18 heavy (non-hydrogen) atoms. The Labute approximate surface area is 120 Å². The first-order chi connectivity index (χ1) is 8.69. The second-order valence-electron chi connectivity index (χ2n) is 4.34. The zero-order chi connectivity index (χ0) is 13.0. The van der Waals surface area contributed by atoms with Crippen LogP contribution in [0.5, 0.6) is 0 Å². The Morgan fingerprint density at radius 3 is 3.00 bits per heavy atom. The van der Waals surface area contributed by atoms with Gasteiger partial charge in [-0.3, -0.25) is 0 Å². The minimum atomic E-state index is 0.832. The van der Waals surface area contributed by atoms with Gasteiger partial charge in [0.2, 0.25) is 5.95 Å². The fourth-order valence-electron chi connectivity index (χ4n) is 1.80. The number of rotatable bonds is 6. The van der Waals surface area contributed by atoms with Crippen molar-refractivity contribution in [3.8, 4) is 0 Å². The van der Waals surface area contributed by atoms with Gasteiger partial charge in [0.05, 0.1) is 12.2 Å². The van der Waals surface area contributed by atoms with Gasteiger partial charge in [-0.05, 0) is 35.3 Å². The van der Waals surface area contributed by atoms with Gasteiger partial charge in [0.25, 0.3) is 0 Å². The SMILES string of the molecule is CCCCn1cc(C)nc1NCc1cc(Br)cs1. The maximum atomic E-state index is 4.53. The number of imidazole rings is 1. The third-order valence-electron chi connectivity index (χ3n) is 2.69. The van der Waals surface area contributed by atoms with Crippen molar-refractivity contribution in [3.05, 3.63) is 32.7 Å². The first-order valence-electron chi connectivity index (χ1n) is 6.19. The summed E-state index contributed by atoms with van der Waals surface area (Å²) in [6.45, 7) is 6.11. The normalized spacial score (nSPS) is 10.8. The Morgan fingerprint density at radius 2 is 2.33 bits per heavy atom. The molecule has 2 aromatic heterocycles. The molecule has 0 saturated heterocycles. The molecule has 0 unspecified atom stereocenters. The number of unbranched alkanes of at least 4 members (excludes halogenated alkanes) is 1. The Balaban J connectivity index is 1.99. The molecule has 0 aliphatic heterocycles. The van der Waals surface area contributed by atoms with E-state index in [-0.39, 0.29) is 0 Å². The maximum Gasteiger partial charge on any atom is 0.203 e. The summed E-state index contributed by atoms with van der Waals surface area (Å²) < 4.78 is 3.36. The summed E-state index contributed by atoms with van der Waals surface area (Å²) in [5.41, 5.74) is 1.07. The van der Waals surface area contributed by atoms with Gasteiger partial charge in [-0.25, -0.2) is 4.98 Å². The van der Waals surface area contributed by atoms with Crippen LogP contribution in [0.3, 0.4) is 0 Å². The monoisotopic (exact) mass is 327 g/mol. The Bertz CT molecular complexity index is 504. The van der Waals surface area contributed by atoms with E-state index in [0.29, 0.717) is 0 Å². The molecule has 0 spiro atoms. The predicted octanol–water partition coefficient (Wildman–Crippen LogP) is 4.43. The molecule has 0 bridgehead atoms. The summed E-state index contributed by atoms with van der Waals surface area (Å²) in [6, 6.07) is 2.14. The van der Waals surface area contributed by atoms with Crippen molar-refractivity contribution in [2.45, 2.75) is 39.8 Å². The summed E-state index contributed by atoms with van der Waals surface area (Å²) in [6.07, 6.45) is 4.51. The van der Waals surface area contributed by atoms with E-state index in [2.05, 4.69) is 55.4 Å². The zero-order valence-corrected chi connectivity index (χ0v) is 13.1. The standard InChI is InChI=1S/C13H18BrN3S/c1-3-4-5-17-8-10(2)16-13(17)15-7-12-6-11(14)9-18-12/h6,8-9H,3-5,7H2,1-2H3,(H,15,16). The molecule has 3 nitrogen and oxygen atoms in total. The third kappa shape index (κ3) is 3.59. The molecule has 0 saturated carbocycles. The molecule has 1 N–H and O–H groups in total. The van der Waals surface area contributed by atoms with Gasteiger partial charge >= 0.3 is 0 Å². The molecule has 0 aromatic carbocycles. The lowest BCUT2D eigenvalue weighted by Crippen LogP contribution is -2.06. The van der Waals surface area contributed by atoms with Gasteiger partial charge < -0.3 is 9.88 Å². The maximum absolute atomic E-state index is 4.53. The molecule has 5 heteroatoms. The van der Waals surface area contributed by atoms with Crippen molar-refractivity contribution in [1.29, 1.82) is 0 Å². The Morgan fingerprint density at radius 1 is 1.50 bits per heavy atom. The molecule has 98 valence electrons. The molecule has 0 aliphatic carbocycles. The van der Waals surface area contributed by atoms with Crippen LogP contribution in [0, 0.1) is 6.92 Å². The quantitative estimate of drug-likeness (QED) is 0.850. The number of aryl methyl sites for hydroxylation is 2. The summed E-state index contributed by atoms with van der Waals surface area (Å²) >= 11 is 5.23. The minimum Gasteiger partial charge on any atom is -0.351 e. The fourth-order valence-corrected chi connectivity index (χ4v) is 3.19. The molecule has 0 aliphatic rings.